The monoisotopic (exact) mass is 201 g/mol. The Morgan fingerprint density at radius 1 is 1.38 bits per heavy atom. The molecule has 0 atom stereocenters. The lowest BCUT2D eigenvalue weighted by atomic mass is 10.1. The molecule has 0 heterocycles. The molecule has 3 N–H and O–H groups in total. The minimum atomic E-state index is -4.11. The summed E-state index contributed by atoms with van der Waals surface area (Å²) >= 11 is 0. The van der Waals surface area contributed by atoms with E-state index < -0.39 is 10.1 Å². The largest absolute Gasteiger partial charge is 0.326 e. The maximum Gasteiger partial charge on any atom is 0.294 e. The van der Waals surface area contributed by atoms with Gasteiger partial charge in [-0.1, -0.05) is 6.07 Å². The molecule has 0 fully saturated rings. The van der Waals surface area contributed by atoms with E-state index in [2.05, 4.69) is 0 Å². The highest BCUT2D eigenvalue weighted by atomic mass is 32.2. The average molecular weight is 201 g/mol. The molecule has 0 spiro atoms. The number of aryl methyl sites for hydroxylation is 1. The van der Waals surface area contributed by atoms with Gasteiger partial charge in [0.05, 0.1) is 4.90 Å². The van der Waals surface area contributed by atoms with E-state index in [1.165, 1.54) is 12.1 Å². The van der Waals surface area contributed by atoms with E-state index in [1.807, 2.05) is 0 Å². The summed E-state index contributed by atoms with van der Waals surface area (Å²) in [6.45, 7) is 2.00. The highest BCUT2D eigenvalue weighted by Crippen LogP contribution is 2.13. The molecule has 0 radical (unpaired) electrons. The molecule has 13 heavy (non-hydrogen) atoms. The topological polar surface area (TPSA) is 80.4 Å². The van der Waals surface area contributed by atoms with Gasteiger partial charge >= 0.3 is 0 Å². The van der Waals surface area contributed by atoms with Crippen molar-refractivity contribution in [2.75, 3.05) is 0 Å². The standard InChI is InChI=1S/C8H11NO3S/c1-6-2-7(5-9)4-8(3-6)13(10,11)12/h2-4H,5,9H2,1H3,(H,10,11,12). The number of benzene rings is 1. The summed E-state index contributed by atoms with van der Waals surface area (Å²) in [5.41, 5.74) is 6.80. The van der Waals surface area contributed by atoms with E-state index in [0.717, 1.165) is 5.56 Å². The number of hydrogen-bond acceptors (Lipinski definition) is 3. The van der Waals surface area contributed by atoms with Gasteiger partial charge in [-0.25, -0.2) is 0 Å². The predicted molar refractivity (Wildman–Crippen MR) is 48.9 cm³/mol. The Bertz CT molecular complexity index is 411. The van der Waals surface area contributed by atoms with Crippen molar-refractivity contribution >= 4 is 10.1 Å². The highest BCUT2D eigenvalue weighted by Gasteiger charge is 2.10. The van der Waals surface area contributed by atoms with Crippen LogP contribution >= 0.6 is 0 Å². The fraction of sp³-hybridized carbons (Fsp3) is 0.250. The average Bonchev–Trinajstić information content (AvgIpc) is 2.01. The third kappa shape index (κ3) is 2.51. The predicted octanol–water partition coefficient (Wildman–Crippen LogP) is 0.700. The molecule has 1 aromatic rings. The Balaban J connectivity index is 3.33. The van der Waals surface area contributed by atoms with Gasteiger partial charge in [0, 0.05) is 6.54 Å². The van der Waals surface area contributed by atoms with Gasteiger partial charge in [0.25, 0.3) is 10.1 Å². The second-order valence-corrected chi connectivity index (χ2v) is 4.26. The Labute approximate surface area is 77.1 Å². The van der Waals surface area contributed by atoms with Crippen LogP contribution in [0.3, 0.4) is 0 Å². The molecule has 1 rings (SSSR count). The van der Waals surface area contributed by atoms with Gasteiger partial charge < -0.3 is 5.73 Å². The first-order valence-electron chi connectivity index (χ1n) is 3.71. The van der Waals surface area contributed by atoms with E-state index in [4.69, 9.17) is 10.3 Å². The molecule has 0 saturated heterocycles. The van der Waals surface area contributed by atoms with E-state index >= 15 is 0 Å². The van der Waals surface area contributed by atoms with Crippen LogP contribution in [-0.2, 0) is 16.7 Å². The van der Waals surface area contributed by atoms with Crippen molar-refractivity contribution in [1.82, 2.24) is 0 Å². The summed E-state index contributed by atoms with van der Waals surface area (Å²) in [5, 5.41) is 0. The Hall–Kier alpha value is -0.910. The van der Waals surface area contributed by atoms with Crippen molar-refractivity contribution in [3.63, 3.8) is 0 Å². The maximum absolute atomic E-state index is 10.8. The van der Waals surface area contributed by atoms with Crippen LogP contribution < -0.4 is 5.73 Å². The first kappa shape index (κ1) is 10.2. The van der Waals surface area contributed by atoms with Crippen LogP contribution in [0.1, 0.15) is 11.1 Å². The van der Waals surface area contributed by atoms with Gasteiger partial charge in [-0.3, -0.25) is 4.55 Å². The smallest absolute Gasteiger partial charge is 0.294 e. The Morgan fingerprint density at radius 2 is 2.00 bits per heavy atom. The molecule has 0 unspecified atom stereocenters. The summed E-state index contributed by atoms with van der Waals surface area (Å²) in [6, 6.07) is 4.53. The first-order chi connectivity index (χ1) is 5.93. The second kappa shape index (κ2) is 3.45. The number of hydrogen-bond donors (Lipinski definition) is 2. The van der Waals surface area contributed by atoms with Crippen LogP contribution in [0.15, 0.2) is 23.1 Å². The lowest BCUT2D eigenvalue weighted by Crippen LogP contribution is -2.02. The quantitative estimate of drug-likeness (QED) is 0.690. The molecule has 4 nitrogen and oxygen atoms in total. The lowest BCUT2D eigenvalue weighted by Gasteiger charge is -2.02. The van der Waals surface area contributed by atoms with Crippen LogP contribution in [0.2, 0.25) is 0 Å². The Morgan fingerprint density at radius 3 is 2.46 bits per heavy atom. The minimum absolute atomic E-state index is 0.104. The zero-order chi connectivity index (χ0) is 10.1. The summed E-state index contributed by atoms with van der Waals surface area (Å²) in [6.07, 6.45) is 0. The van der Waals surface area contributed by atoms with Crippen molar-refractivity contribution in [2.45, 2.75) is 18.4 Å². The number of rotatable bonds is 2. The normalized spacial score (nSPS) is 11.6. The summed E-state index contributed by atoms with van der Waals surface area (Å²) in [7, 11) is -4.11. The molecule has 0 saturated carbocycles. The van der Waals surface area contributed by atoms with E-state index in [1.54, 1.807) is 13.0 Å². The van der Waals surface area contributed by atoms with Crippen LogP contribution in [-0.4, -0.2) is 13.0 Å². The third-order valence-corrected chi connectivity index (χ3v) is 2.48. The molecule has 0 aliphatic rings. The van der Waals surface area contributed by atoms with E-state index in [0.29, 0.717) is 5.56 Å². The van der Waals surface area contributed by atoms with Crippen molar-refractivity contribution in [3.05, 3.63) is 29.3 Å². The van der Waals surface area contributed by atoms with Gasteiger partial charge in [0.2, 0.25) is 0 Å². The summed E-state index contributed by atoms with van der Waals surface area (Å²) in [5.74, 6) is 0. The summed E-state index contributed by atoms with van der Waals surface area (Å²) in [4.78, 5) is -0.104. The van der Waals surface area contributed by atoms with Crippen molar-refractivity contribution in [1.29, 1.82) is 0 Å². The lowest BCUT2D eigenvalue weighted by molar-refractivity contribution is 0.483. The molecule has 5 heteroatoms. The molecule has 0 amide bonds. The molecule has 72 valence electrons. The van der Waals surface area contributed by atoms with Crippen molar-refractivity contribution in [2.24, 2.45) is 5.73 Å². The van der Waals surface area contributed by atoms with E-state index in [9.17, 15) is 8.42 Å². The maximum atomic E-state index is 10.8. The zero-order valence-electron chi connectivity index (χ0n) is 7.19. The van der Waals surface area contributed by atoms with E-state index in [-0.39, 0.29) is 11.4 Å². The number of nitrogens with two attached hydrogens (primary N) is 1. The Kier molecular flexibility index (Phi) is 2.70. The second-order valence-electron chi connectivity index (χ2n) is 2.83. The van der Waals surface area contributed by atoms with Gasteiger partial charge in [-0.15, -0.1) is 0 Å². The summed E-state index contributed by atoms with van der Waals surface area (Å²) < 4.78 is 30.3. The molecule has 0 aliphatic carbocycles. The van der Waals surface area contributed by atoms with Gasteiger partial charge in [0.15, 0.2) is 0 Å². The minimum Gasteiger partial charge on any atom is -0.326 e. The molecule has 0 bridgehead atoms. The molecular weight excluding hydrogens is 190 g/mol. The zero-order valence-corrected chi connectivity index (χ0v) is 8.00. The van der Waals surface area contributed by atoms with Gasteiger partial charge in [-0.2, -0.15) is 8.42 Å². The van der Waals surface area contributed by atoms with Gasteiger partial charge in [0.1, 0.15) is 0 Å². The van der Waals surface area contributed by atoms with Crippen LogP contribution in [0.5, 0.6) is 0 Å². The first-order valence-corrected chi connectivity index (χ1v) is 5.15. The molecule has 0 aromatic heterocycles. The SMILES string of the molecule is Cc1cc(CN)cc(S(=O)(=O)O)c1. The fourth-order valence-corrected chi connectivity index (χ4v) is 1.73. The molecule has 0 aliphatic heterocycles. The van der Waals surface area contributed by atoms with Crippen LogP contribution in [0.4, 0.5) is 0 Å². The van der Waals surface area contributed by atoms with Crippen LogP contribution in [0, 0.1) is 6.92 Å². The molecule has 1 aromatic carbocycles. The van der Waals surface area contributed by atoms with Gasteiger partial charge in [-0.05, 0) is 30.2 Å². The highest BCUT2D eigenvalue weighted by molar-refractivity contribution is 7.85. The molecular formula is C8H11NO3S. The third-order valence-electron chi connectivity index (χ3n) is 1.64. The van der Waals surface area contributed by atoms with Crippen molar-refractivity contribution in [3.8, 4) is 0 Å². The van der Waals surface area contributed by atoms with Crippen LogP contribution in [0.25, 0.3) is 0 Å². The fourth-order valence-electron chi connectivity index (χ4n) is 1.09. The van der Waals surface area contributed by atoms with Crippen molar-refractivity contribution < 1.29 is 13.0 Å².